The zero-order chi connectivity index (χ0) is 12.9. The van der Waals surface area contributed by atoms with E-state index in [2.05, 4.69) is 25.2 Å². The Bertz CT molecular complexity index is 424. The zero-order valence-electron chi connectivity index (χ0n) is 10.4. The number of nitriles is 1. The number of hydrogen-bond acceptors (Lipinski definition) is 3. The molecule has 0 fully saturated rings. The number of benzene rings is 1. The number of ether oxygens (including phenoxy) is 1. The van der Waals surface area contributed by atoms with Crippen molar-refractivity contribution in [3.8, 4) is 11.8 Å². The van der Waals surface area contributed by atoms with Crippen LogP contribution >= 0.6 is 11.6 Å². The molecule has 0 heterocycles. The van der Waals surface area contributed by atoms with Crippen molar-refractivity contribution in [2.75, 3.05) is 20.2 Å². The number of halogens is 1. The average molecular weight is 253 g/mol. The monoisotopic (exact) mass is 252 g/mol. The van der Waals surface area contributed by atoms with Crippen LogP contribution in [0.4, 0.5) is 0 Å². The van der Waals surface area contributed by atoms with Crippen molar-refractivity contribution in [1.82, 2.24) is 5.32 Å². The van der Waals surface area contributed by atoms with Gasteiger partial charge in [0.1, 0.15) is 5.75 Å². The lowest BCUT2D eigenvalue weighted by atomic mass is 9.84. The molecule has 4 heteroatoms. The molecule has 92 valence electrons. The van der Waals surface area contributed by atoms with Gasteiger partial charge in [-0.15, -0.1) is 0 Å². The Morgan fingerprint density at radius 3 is 2.76 bits per heavy atom. The summed E-state index contributed by atoms with van der Waals surface area (Å²) in [4.78, 5) is 0. The SMILES string of the molecule is COc1ccc(Cl)cc1C(C)(C)CNCC#N. The largest absolute Gasteiger partial charge is 0.496 e. The lowest BCUT2D eigenvalue weighted by Gasteiger charge is -2.27. The van der Waals surface area contributed by atoms with Crippen LogP contribution in [0.15, 0.2) is 18.2 Å². The van der Waals surface area contributed by atoms with Crippen molar-refractivity contribution in [2.45, 2.75) is 19.3 Å². The molecule has 0 atom stereocenters. The molecule has 0 aliphatic rings. The van der Waals surface area contributed by atoms with Gasteiger partial charge in [0.2, 0.25) is 0 Å². The minimum atomic E-state index is -0.146. The fourth-order valence-electron chi connectivity index (χ4n) is 1.74. The lowest BCUT2D eigenvalue weighted by molar-refractivity contribution is 0.388. The molecule has 0 spiro atoms. The predicted octanol–water partition coefficient (Wildman–Crippen LogP) is 2.74. The van der Waals surface area contributed by atoms with Gasteiger partial charge in [-0.25, -0.2) is 0 Å². The molecule has 0 saturated carbocycles. The molecule has 0 aliphatic carbocycles. The van der Waals surface area contributed by atoms with E-state index in [9.17, 15) is 0 Å². The summed E-state index contributed by atoms with van der Waals surface area (Å²) in [6.45, 7) is 5.21. The van der Waals surface area contributed by atoms with Gasteiger partial charge in [0, 0.05) is 22.5 Å². The van der Waals surface area contributed by atoms with E-state index < -0.39 is 0 Å². The maximum absolute atomic E-state index is 8.52. The topological polar surface area (TPSA) is 45.0 Å². The van der Waals surface area contributed by atoms with E-state index in [1.165, 1.54) is 0 Å². The number of rotatable bonds is 5. The summed E-state index contributed by atoms with van der Waals surface area (Å²) in [5.74, 6) is 0.818. The second-order valence-corrected chi connectivity index (χ2v) is 4.93. The molecule has 0 saturated heterocycles. The highest BCUT2D eigenvalue weighted by atomic mass is 35.5. The second kappa shape index (κ2) is 5.90. The summed E-state index contributed by atoms with van der Waals surface area (Å²) < 4.78 is 5.34. The van der Waals surface area contributed by atoms with E-state index in [1.807, 2.05) is 18.2 Å². The first-order chi connectivity index (χ1) is 8.01. The first kappa shape index (κ1) is 13.8. The van der Waals surface area contributed by atoms with Gasteiger partial charge < -0.3 is 10.1 Å². The van der Waals surface area contributed by atoms with E-state index in [4.69, 9.17) is 21.6 Å². The molecule has 1 aromatic rings. The highest BCUT2D eigenvalue weighted by Crippen LogP contribution is 2.33. The van der Waals surface area contributed by atoms with Gasteiger partial charge in [-0.3, -0.25) is 0 Å². The van der Waals surface area contributed by atoms with E-state index >= 15 is 0 Å². The Morgan fingerprint density at radius 1 is 1.47 bits per heavy atom. The minimum Gasteiger partial charge on any atom is -0.496 e. The maximum atomic E-state index is 8.52. The highest BCUT2D eigenvalue weighted by molar-refractivity contribution is 6.30. The van der Waals surface area contributed by atoms with Crippen LogP contribution in [0, 0.1) is 11.3 Å². The molecule has 0 aromatic heterocycles. The third-order valence-electron chi connectivity index (χ3n) is 2.66. The standard InChI is InChI=1S/C13H17ClN2O/c1-13(2,9-16-7-6-15)11-8-10(14)4-5-12(11)17-3/h4-5,8,16H,7,9H2,1-3H3. The molecule has 0 aliphatic heterocycles. The summed E-state index contributed by atoms with van der Waals surface area (Å²) in [7, 11) is 1.64. The van der Waals surface area contributed by atoms with Crippen molar-refractivity contribution in [1.29, 1.82) is 5.26 Å². The van der Waals surface area contributed by atoms with Crippen LogP contribution in [-0.2, 0) is 5.41 Å². The molecule has 3 nitrogen and oxygen atoms in total. The van der Waals surface area contributed by atoms with Crippen molar-refractivity contribution < 1.29 is 4.74 Å². The summed E-state index contributed by atoms with van der Waals surface area (Å²) >= 11 is 6.01. The summed E-state index contributed by atoms with van der Waals surface area (Å²) in [6.07, 6.45) is 0. The quantitative estimate of drug-likeness (QED) is 0.647. The third kappa shape index (κ3) is 3.62. The van der Waals surface area contributed by atoms with Gasteiger partial charge >= 0.3 is 0 Å². The van der Waals surface area contributed by atoms with Gasteiger partial charge in [-0.2, -0.15) is 5.26 Å². The van der Waals surface area contributed by atoms with E-state index in [0.29, 0.717) is 18.1 Å². The molecular weight excluding hydrogens is 236 g/mol. The summed E-state index contributed by atoms with van der Waals surface area (Å²) in [6, 6.07) is 7.65. The minimum absolute atomic E-state index is 0.146. The van der Waals surface area contributed by atoms with Crippen LogP contribution in [0.3, 0.4) is 0 Å². The summed E-state index contributed by atoms with van der Waals surface area (Å²) in [5, 5.41) is 12.3. The first-order valence-electron chi connectivity index (χ1n) is 5.43. The summed E-state index contributed by atoms with van der Waals surface area (Å²) in [5.41, 5.74) is 0.894. The molecule has 1 rings (SSSR count). The van der Waals surface area contributed by atoms with Crippen molar-refractivity contribution >= 4 is 11.6 Å². The molecule has 0 radical (unpaired) electrons. The van der Waals surface area contributed by atoms with Crippen LogP contribution in [0.25, 0.3) is 0 Å². The van der Waals surface area contributed by atoms with Gasteiger partial charge in [-0.1, -0.05) is 25.4 Å². The van der Waals surface area contributed by atoms with Crippen molar-refractivity contribution in [3.05, 3.63) is 28.8 Å². The molecule has 1 aromatic carbocycles. The Kier molecular flexibility index (Phi) is 4.80. The van der Waals surface area contributed by atoms with Gasteiger partial charge in [0.25, 0.3) is 0 Å². The molecule has 1 N–H and O–H groups in total. The fraction of sp³-hybridized carbons (Fsp3) is 0.462. The fourth-order valence-corrected chi connectivity index (χ4v) is 1.91. The van der Waals surface area contributed by atoms with Gasteiger partial charge in [-0.05, 0) is 18.2 Å². The molecule has 0 bridgehead atoms. The Hall–Kier alpha value is -1.24. The Balaban J connectivity index is 2.96. The maximum Gasteiger partial charge on any atom is 0.122 e. The van der Waals surface area contributed by atoms with Gasteiger partial charge in [0.05, 0.1) is 19.7 Å². The van der Waals surface area contributed by atoms with Crippen LogP contribution in [0.1, 0.15) is 19.4 Å². The average Bonchev–Trinajstić information content (AvgIpc) is 2.29. The van der Waals surface area contributed by atoms with E-state index in [1.54, 1.807) is 7.11 Å². The zero-order valence-corrected chi connectivity index (χ0v) is 11.1. The van der Waals surface area contributed by atoms with E-state index in [0.717, 1.165) is 11.3 Å². The molecular formula is C13H17ClN2O. The van der Waals surface area contributed by atoms with Crippen molar-refractivity contribution in [3.63, 3.8) is 0 Å². The Morgan fingerprint density at radius 2 is 2.18 bits per heavy atom. The normalized spacial score (nSPS) is 11.0. The number of nitrogens with one attached hydrogen (secondary N) is 1. The van der Waals surface area contributed by atoms with Crippen LogP contribution in [0.2, 0.25) is 5.02 Å². The van der Waals surface area contributed by atoms with E-state index in [-0.39, 0.29) is 5.41 Å². The molecule has 17 heavy (non-hydrogen) atoms. The smallest absolute Gasteiger partial charge is 0.122 e. The Labute approximate surface area is 107 Å². The molecule has 0 amide bonds. The van der Waals surface area contributed by atoms with Crippen molar-refractivity contribution in [2.24, 2.45) is 0 Å². The first-order valence-corrected chi connectivity index (χ1v) is 5.81. The van der Waals surface area contributed by atoms with Crippen LogP contribution in [0.5, 0.6) is 5.75 Å². The van der Waals surface area contributed by atoms with Crippen LogP contribution in [-0.4, -0.2) is 20.2 Å². The lowest BCUT2D eigenvalue weighted by Crippen LogP contribution is -2.33. The molecule has 0 unspecified atom stereocenters. The number of hydrogen-bond donors (Lipinski definition) is 1. The van der Waals surface area contributed by atoms with Crippen LogP contribution < -0.4 is 10.1 Å². The predicted molar refractivity (Wildman–Crippen MR) is 69.5 cm³/mol. The third-order valence-corrected chi connectivity index (χ3v) is 2.90. The second-order valence-electron chi connectivity index (χ2n) is 4.49. The number of nitrogens with zero attached hydrogens (tertiary/aromatic N) is 1. The highest BCUT2D eigenvalue weighted by Gasteiger charge is 2.24. The van der Waals surface area contributed by atoms with Gasteiger partial charge in [0.15, 0.2) is 0 Å². The number of methoxy groups -OCH3 is 1.